The third-order valence-electron chi connectivity index (χ3n) is 3.76. The molecule has 0 saturated carbocycles. The molecule has 3 aromatic rings. The van der Waals surface area contributed by atoms with Gasteiger partial charge in [0, 0.05) is 0 Å². The maximum absolute atomic E-state index is 5.49. The summed E-state index contributed by atoms with van der Waals surface area (Å²) in [6, 6.07) is 17.1. The van der Waals surface area contributed by atoms with Crippen molar-refractivity contribution in [2.24, 2.45) is 0 Å². The summed E-state index contributed by atoms with van der Waals surface area (Å²) in [5.74, 6) is 1.58. The van der Waals surface area contributed by atoms with Crippen LogP contribution in [0.2, 0.25) is 0 Å². The van der Waals surface area contributed by atoms with Gasteiger partial charge in [-0.05, 0) is 63.0 Å². The van der Waals surface area contributed by atoms with E-state index in [1.54, 1.807) is 0 Å². The Bertz CT molecular complexity index is 855. The van der Waals surface area contributed by atoms with E-state index in [-0.39, 0.29) is 6.79 Å². The number of fused-ring (bicyclic) bond motifs is 2. The van der Waals surface area contributed by atoms with E-state index >= 15 is 0 Å². The molecule has 0 amide bonds. The summed E-state index contributed by atoms with van der Waals surface area (Å²) >= 11 is 3.55. The molecule has 0 N–H and O–H groups in total. The average molecular weight is 341 g/mol. The summed E-state index contributed by atoms with van der Waals surface area (Å²) in [5.41, 5.74) is 3.57. The fraction of sp³-hybridized carbons (Fsp3) is 0.111. The molecule has 0 saturated heterocycles. The van der Waals surface area contributed by atoms with Crippen LogP contribution in [0.1, 0.15) is 5.56 Å². The summed E-state index contributed by atoms with van der Waals surface area (Å²) in [5, 5.41) is 2.51. The van der Waals surface area contributed by atoms with Gasteiger partial charge in [0.2, 0.25) is 6.79 Å². The maximum atomic E-state index is 5.49. The van der Waals surface area contributed by atoms with Crippen LogP contribution in [0, 0.1) is 6.92 Å². The van der Waals surface area contributed by atoms with Crippen molar-refractivity contribution >= 4 is 26.7 Å². The SMILES string of the molecule is Cc1ccc2cc(-c3cc(Br)c4c(c3)OCO4)ccc2c1. The van der Waals surface area contributed by atoms with Gasteiger partial charge in [-0.2, -0.15) is 0 Å². The summed E-state index contributed by atoms with van der Waals surface area (Å²) < 4.78 is 11.9. The lowest BCUT2D eigenvalue weighted by molar-refractivity contribution is 0.173. The van der Waals surface area contributed by atoms with E-state index in [2.05, 4.69) is 65.3 Å². The Balaban J connectivity index is 1.86. The summed E-state index contributed by atoms with van der Waals surface area (Å²) in [6.07, 6.45) is 0. The number of ether oxygens (including phenoxy) is 2. The van der Waals surface area contributed by atoms with E-state index in [0.717, 1.165) is 21.5 Å². The highest BCUT2D eigenvalue weighted by Crippen LogP contribution is 2.42. The summed E-state index contributed by atoms with van der Waals surface area (Å²) in [7, 11) is 0. The van der Waals surface area contributed by atoms with Crippen molar-refractivity contribution in [3.05, 3.63) is 58.6 Å². The summed E-state index contributed by atoms with van der Waals surface area (Å²) in [6.45, 7) is 2.40. The number of hydrogen-bond acceptors (Lipinski definition) is 2. The summed E-state index contributed by atoms with van der Waals surface area (Å²) in [4.78, 5) is 0. The van der Waals surface area contributed by atoms with E-state index < -0.39 is 0 Å². The third-order valence-corrected chi connectivity index (χ3v) is 4.35. The Morgan fingerprint density at radius 3 is 2.57 bits per heavy atom. The highest BCUT2D eigenvalue weighted by Gasteiger charge is 2.18. The van der Waals surface area contributed by atoms with Crippen molar-refractivity contribution in [2.75, 3.05) is 6.79 Å². The first-order chi connectivity index (χ1) is 10.2. The molecular formula is C18H13BrO2. The molecule has 21 heavy (non-hydrogen) atoms. The van der Waals surface area contributed by atoms with Crippen LogP contribution in [-0.2, 0) is 0 Å². The van der Waals surface area contributed by atoms with E-state index in [1.807, 2.05) is 6.07 Å². The molecular weight excluding hydrogens is 328 g/mol. The average Bonchev–Trinajstić information content (AvgIpc) is 2.95. The minimum Gasteiger partial charge on any atom is -0.454 e. The molecule has 104 valence electrons. The normalized spacial score (nSPS) is 12.9. The van der Waals surface area contributed by atoms with Crippen LogP contribution >= 0.6 is 15.9 Å². The van der Waals surface area contributed by atoms with Crippen LogP contribution in [0.15, 0.2) is 53.0 Å². The van der Waals surface area contributed by atoms with Crippen molar-refractivity contribution in [1.82, 2.24) is 0 Å². The Labute approximate surface area is 131 Å². The molecule has 0 spiro atoms. The highest BCUT2D eigenvalue weighted by molar-refractivity contribution is 9.10. The lowest BCUT2D eigenvalue weighted by Crippen LogP contribution is -1.93. The molecule has 3 heteroatoms. The minimum absolute atomic E-state index is 0.286. The fourth-order valence-corrected chi connectivity index (χ4v) is 3.24. The first-order valence-corrected chi connectivity index (χ1v) is 7.60. The number of benzene rings is 3. The molecule has 0 aromatic heterocycles. The van der Waals surface area contributed by atoms with Crippen LogP contribution in [0.4, 0.5) is 0 Å². The predicted molar refractivity (Wildman–Crippen MR) is 87.9 cm³/mol. The molecule has 1 aliphatic rings. The molecule has 2 nitrogen and oxygen atoms in total. The molecule has 1 heterocycles. The lowest BCUT2D eigenvalue weighted by Gasteiger charge is -2.07. The van der Waals surface area contributed by atoms with Gasteiger partial charge < -0.3 is 9.47 Å². The van der Waals surface area contributed by atoms with E-state index in [4.69, 9.17) is 9.47 Å². The lowest BCUT2D eigenvalue weighted by atomic mass is 10.00. The molecule has 0 fully saturated rings. The largest absolute Gasteiger partial charge is 0.454 e. The van der Waals surface area contributed by atoms with Gasteiger partial charge in [-0.3, -0.25) is 0 Å². The van der Waals surface area contributed by atoms with Crippen LogP contribution in [0.3, 0.4) is 0 Å². The van der Waals surface area contributed by atoms with Gasteiger partial charge in [-0.15, -0.1) is 0 Å². The molecule has 0 bridgehead atoms. The standard InChI is InChI=1S/C18H13BrO2/c1-11-2-3-13-7-14(5-4-12(13)6-11)15-8-16(19)18-17(9-15)20-10-21-18/h2-9H,10H2,1H3. The zero-order valence-corrected chi connectivity index (χ0v) is 13.1. The number of halogens is 1. The Morgan fingerprint density at radius 1 is 0.857 bits per heavy atom. The maximum Gasteiger partial charge on any atom is 0.231 e. The molecule has 0 aliphatic carbocycles. The topological polar surface area (TPSA) is 18.5 Å². The zero-order valence-electron chi connectivity index (χ0n) is 11.5. The zero-order chi connectivity index (χ0) is 14.4. The third kappa shape index (κ3) is 2.18. The second-order valence-electron chi connectivity index (χ2n) is 5.26. The van der Waals surface area contributed by atoms with Crippen LogP contribution in [0.5, 0.6) is 11.5 Å². The van der Waals surface area contributed by atoms with Crippen molar-refractivity contribution in [3.63, 3.8) is 0 Å². The van der Waals surface area contributed by atoms with Crippen molar-refractivity contribution < 1.29 is 9.47 Å². The Hall–Kier alpha value is -2.00. The molecule has 0 atom stereocenters. The van der Waals surface area contributed by atoms with Crippen molar-refractivity contribution in [2.45, 2.75) is 6.92 Å². The van der Waals surface area contributed by atoms with Gasteiger partial charge >= 0.3 is 0 Å². The number of hydrogen-bond donors (Lipinski definition) is 0. The molecule has 0 radical (unpaired) electrons. The van der Waals surface area contributed by atoms with E-state index in [9.17, 15) is 0 Å². The Kier molecular flexibility index (Phi) is 2.89. The number of rotatable bonds is 1. The first kappa shape index (κ1) is 12.7. The predicted octanol–water partition coefficient (Wildman–Crippen LogP) is 5.31. The van der Waals surface area contributed by atoms with Gasteiger partial charge in [0.05, 0.1) is 4.47 Å². The minimum atomic E-state index is 0.286. The number of aryl methyl sites for hydroxylation is 1. The molecule has 1 aliphatic heterocycles. The van der Waals surface area contributed by atoms with Crippen LogP contribution < -0.4 is 9.47 Å². The van der Waals surface area contributed by atoms with Crippen LogP contribution in [0.25, 0.3) is 21.9 Å². The quantitative estimate of drug-likeness (QED) is 0.597. The second-order valence-corrected chi connectivity index (χ2v) is 6.11. The van der Waals surface area contributed by atoms with E-state index in [0.29, 0.717) is 0 Å². The molecule has 4 rings (SSSR count). The van der Waals surface area contributed by atoms with Crippen LogP contribution in [-0.4, -0.2) is 6.79 Å². The first-order valence-electron chi connectivity index (χ1n) is 6.81. The van der Waals surface area contributed by atoms with Gasteiger partial charge in [0.15, 0.2) is 11.5 Å². The monoisotopic (exact) mass is 340 g/mol. The van der Waals surface area contributed by atoms with Gasteiger partial charge in [0.25, 0.3) is 0 Å². The van der Waals surface area contributed by atoms with Gasteiger partial charge in [-0.1, -0.05) is 35.9 Å². The van der Waals surface area contributed by atoms with Gasteiger partial charge in [-0.25, -0.2) is 0 Å². The van der Waals surface area contributed by atoms with Crippen molar-refractivity contribution in [1.29, 1.82) is 0 Å². The molecule has 0 unspecified atom stereocenters. The fourth-order valence-electron chi connectivity index (χ4n) is 2.68. The van der Waals surface area contributed by atoms with E-state index in [1.165, 1.54) is 21.9 Å². The Morgan fingerprint density at radius 2 is 1.67 bits per heavy atom. The van der Waals surface area contributed by atoms with Crippen molar-refractivity contribution in [3.8, 4) is 22.6 Å². The second kappa shape index (κ2) is 4.78. The van der Waals surface area contributed by atoms with Gasteiger partial charge in [0.1, 0.15) is 0 Å². The highest BCUT2D eigenvalue weighted by atomic mass is 79.9. The molecule has 3 aromatic carbocycles. The smallest absolute Gasteiger partial charge is 0.231 e.